The summed E-state index contributed by atoms with van der Waals surface area (Å²) in [6.45, 7) is 4.01. The molecule has 1 aromatic heterocycles. The van der Waals surface area contributed by atoms with Crippen molar-refractivity contribution < 1.29 is 0 Å². The molecule has 0 fully saturated rings. The van der Waals surface area contributed by atoms with Crippen LogP contribution in [0.4, 0.5) is 0 Å². The van der Waals surface area contributed by atoms with E-state index >= 15 is 0 Å². The summed E-state index contributed by atoms with van der Waals surface area (Å²) in [5.41, 5.74) is 5.66. The predicted molar refractivity (Wildman–Crippen MR) is 49.2 cm³/mol. The van der Waals surface area contributed by atoms with Gasteiger partial charge in [-0.1, -0.05) is 0 Å². The van der Waals surface area contributed by atoms with Crippen molar-refractivity contribution in [2.24, 2.45) is 5.73 Å². The van der Waals surface area contributed by atoms with Gasteiger partial charge in [-0.15, -0.1) is 11.3 Å². The highest BCUT2D eigenvalue weighted by Crippen LogP contribution is 2.28. The van der Waals surface area contributed by atoms with E-state index < -0.39 is 0 Å². The summed E-state index contributed by atoms with van der Waals surface area (Å²) < 4.78 is 1.14. The number of rotatable bonds is 1. The Hall–Kier alpha value is 0.140. The molecule has 56 valence electrons. The SMILES string of the molecule is CC(C)(N)c1ccc(Br)s1. The van der Waals surface area contributed by atoms with Gasteiger partial charge in [0.15, 0.2) is 0 Å². The molecule has 1 rings (SSSR count). The Kier molecular flexibility index (Phi) is 2.18. The van der Waals surface area contributed by atoms with E-state index in [1.54, 1.807) is 11.3 Å². The van der Waals surface area contributed by atoms with Crippen LogP contribution < -0.4 is 5.73 Å². The number of halogens is 1. The molecule has 0 aliphatic heterocycles. The molecule has 1 aromatic rings. The highest BCUT2D eigenvalue weighted by Gasteiger charge is 2.15. The van der Waals surface area contributed by atoms with Crippen molar-refractivity contribution in [2.45, 2.75) is 19.4 Å². The maximum absolute atomic E-state index is 5.86. The van der Waals surface area contributed by atoms with E-state index in [1.807, 2.05) is 19.9 Å². The van der Waals surface area contributed by atoms with Gasteiger partial charge in [0.25, 0.3) is 0 Å². The lowest BCUT2D eigenvalue weighted by molar-refractivity contribution is 0.567. The van der Waals surface area contributed by atoms with Crippen LogP contribution in [0.5, 0.6) is 0 Å². The second kappa shape index (κ2) is 2.64. The fourth-order valence-electron chi connectivity index (χ4n) is 0.661. The molecule has 0 saturated heterocycles. The molecule has 2 N–H and O–H groups in total. The summed E-state index contributed by atoms with van der Waals surface area (Å²) in [5, 5.41) is 0. The number of nitrogens with two attached hydrogens (primary N) is 1. The molecule has 1 nitrogen and oxygen atoms in total. The van der Waals surface area contributed by atoms with Gasteiger partial charge in [0.1, 0.15) is 0 Å². The summed E-state index contributed by atoms with van der Waals surface area (Å²) in [7, 11) is 0. The maximum Gasteiger partial charge on any atom is 0.0702 e. The Labute approximate surface area is 73.4 Å². The van der Waals surface area contributed by atoms with E-state index in [2.05, 4.69) is 22.0 Å². The van der Waals surface area contributed by atoms with E-state index in [4.69, 9.17) is 5.73 Å². The van der Waals surface area contributed by atoms with Crippen molar-refractivity contribution in [1.82, 2.24) is 0 Å². The molecule has 0 radical (unpaired) electrons. The predicted octanol–water partition coefficient (Wildman–Crippen LogP) is 2.70. The molecule has 10 heavy (non-hydrogen) atoms. The number of hydrogen-bond donors (Lipinski definition) is 1. The van der Waals surface area contributed by atoms with Crippen LogP contribution in [-0.4, -0.2) is 0 Å². The number of thiophene rings is 1. The monoisotopic (exact) mass is 219 g/mol. The topological polar surface area (TPSA) is 26.0 Å². The van der Waals surface area contributed by atoms with E-state index in [-0.39, 0.29) is 5.54 Å². The van der Waals surface area contributed by atoms with Gasteiger partial charge in [0.05, 0.1) is 3.79 Å². The van der Waals surface area contributed by atoms with Gasteiger partial charge in [-0.3, -0.25) is 0 Å². The Morgan fingerprint density at radius 1 is 1.50 bits per heavy atom. The summed E-state index contributed by atoms with van der Waals surface area (Å²) in [6.07, 6.45) is 0. The van der Waals surface area contributed by atoms with Crippen molar-refractivity contribution in [2.75, 3.05) is 0 Å². The first kappa shape index (κ1) is 8.24. The second-order valence-electron chi connectivity index (χ2n) is 2.83. The molecule has 0 atom stereocenters. The summed E-state index contributed by atoms with van der Waals surface area (Å²) in [6, 6.07) is 4.07. The van der Waals surface area contributed by atoms with Crippen LogP contribution in [0.15, 0.2) is 15.9 Å². The van der Waals surface area contributed by atoms with Crippen LogP contribution in [0, 0.1) is 0 Å². The minimum Gasteiger partial charge on any atom is -0.321 e. The third-order valence-electron chi connectivity index (χ3n) is 1.21. The van der Waals surface area contributed by atoms with Crippen molar-refractivity contribution in [3.63, 3.8) is 0 Å². The lowest BCUT2D eigenvalue weighted by Gasteiger charge is -2.15. The molecule has 0 saturated carbocycles. The molecule has 0 aliphatic rings. The Morgan fingerprint density at radius 3 is 2.30 bits per heavy atom. The number of hydrogen-bond acceptors (Lipinski definition) is 2. The van der Waals surface area contributed by atoms with Gasteiger partial charge in [0.2, 0.25) is 0 Å². The molecule has 3 heteroatoms. The summed E-state index contributed by atoms with van der Waals surface area (Å²) in [5.74, 6) is 0. The zero-order valence-corrected chi connectivity index (χ0v) is 8.42. The van der Waals surface area contributed by atoms with Gasteiger partial charge >= 0.3 is 0 Å². The minimum absolute atomic E-state index is 0.198. The fraction of sp³-hybridized carbons (Fsp3) is 0.429. The van der Waals surface area contributed by atoms with Gasteiger partial charge in [0, 0.05) is 10.4 Å². The molecule has 0 spiro atoms. The average molecular weight is 220 g/mol. The van der Waals surface area contributed by atoms with E-state index in [0.29, 0.717) is 0 Å². The third kappa shape index (κ3) is 1.81. The van der Waals surface area contributed by atoms with Crippen molar-refractivity contribution in [1.29, 1.82) is 0 Å². The molecule has 0 aromatic carbocycles. The van der Waals surface area contributed by atoms with Gasteiger partial charge in [-0.25, -0.2) is 0 Å². The lowest BCUT2D eigenvalue weighted by atomic mass is 10.1. The Balaban J connectivity index is 2.96. The highest BCUT2D eigenvalue weighted by molar-refractivity contribution is 9.11. The molecule has 0 amide bonds. The van der Waals surface area contributed by atoms with E-state index in [9.17, 15) is 0 Å². The third-order valence-corrected chi connectivity index (χ3v) is 3.17. The molecule has 0 bridgehead atoms. The van der Waals surface area contributed by atoms with E-state index in [0.717, 1.165) is 3.79 Å². The molecule has 0 unspecified atom stereocenters. The smallest absolute Gasteiger partial charge is 0.0702 e. The van der Waals surface area contributed by atoms with Crippen LogP contribution in [0.2, 0.25) is 0 Å². The van der Waals surface area contributed by atoms with Crippen LogP contribution >= 0.6 is 27.3 Å². The maximum atomic E-state index is 5.86. The Morgan fingerprint density at radius 2 is 2.10 bits per heavy atom. The van der Waals surface area contributed by atoms with Crippen molar-refractivity contribution in [3.05, 3.63) is 20.8 Å². The summed E-state index contributed by atoms with van der Waals surface area (Å²) >= 11 is 5.07. The van der Waals surface area contributed by atoms with Crippen molar-refractivity contribution >= 4 is 27.3 Å². The van der Waals surface area contributed by atoms with Gasteiger partial charge < -0.3 is 5.73 Å². The zero-order valence-electron chi connectivity index (χ0n) is 6.02. The quantitative estimate of drug-likeness (QED) is 0.773. The van der Waals surface area contributed by atoms with Crippen LogP contribution in [0.25, 0.3) is 0 Å². The van der Waals surface area contributed by atoms with Crippen LogP contribution in [-0.2, 0) is 5.54 Å². The highest BCUT2D eigenvalue weighted by atomic mass is 79.9. The van der Waals surface area contributed by atoms with Gasteiger partial charge in [-0.2, -0.15) is 0 Å². The first-order chi connectivity index (χ1) is 4.50. The van der Waals surface area contributed by atoms with Crippen LogP contribution in [0.3, 0.4) is 0 Å². The molecule has 0 aliphatic carbocycles. The molecular formula is C7H10BrNS. The molecule has 1 heterocycles. The average Bonchev–Trinajstić information content (AvgIpc) is 2.11. The largest absolute Gasteiger partial charge is 0.321 e. The minimum atomic E-state index is -0.198. The van der Waals surface area contributed by atoms with Crippen molar-refractivity contribution in [3.8, 4) is 0 Å². The standard InChI is InChI=1S/C7H10BrNS/c1-7(2,9)5-3-4-6(8)10-5/h3-4H,9H2,1-2H3. The summed E-state index contributed by atoms with van der Waals surface area (Å²) in [4.78, 5) is 1.21. The lowest BCUT2D eigenvalue weighted by Crippen LogP contribution is -2.27. The Bertz CT molecular complexity index is 224. The first-order valence-electron chi connectivity index (χ1n) is 3.05. The normalized spacial score (nSPS) is 12.0. The van der Waals surface area contributed by atoms with Gasteiger partial charge in [-0.05, 0) is 41.9 Å². The van der Waals surface area contributed by atoms with E-state index in [1.165, 1.54) is 4.88 Å². The second-order valence-corrected chi connectivity index (χ2v) is 5.29. The zero-order chi connectivity index (χ0) is 7.78. The fourth-order valence-corrected chi connectivity index (χ4v) is 2.06. The van der Waals surface area contributed by atoms with Crippen LogP contribution in [0.1, 0.15) is 18.7 Å². The molecular weight excluding hydrogens is 210 g/mol. The first-order valence-corrected chi connectivity index (χ1v) is 4.66.